The summed E-state index contributed by atoms with van der Waals surface area (Å²) in [5.41, 5.74) is 0. The van der Waals surface area contributed by atoms with Crippen LogP contribution in [0.4, 0.5) is 0 Å². The smallest absolute Gasteiger partial charge is 0.267 e. The van der Waals surface area contributed by atoms with Crippen LogP contribution in [0.5, 0.6) is 0 Å². The van der Waals surface area contributed by atoms with Gasteiger partial charge in [-0.05, 0) is 0 Å². The van der Waals surface area contributed by atoms with Crippen molar-refractivity contribution in [3.05, 3.63) is 4.91 Å². The molecule has 1 aliphatic rings. The van der Waals surface area contributed by atoms with Gasteiger partial charge in [-0.3, -0.25) is 4.55 Å². The minimum Gasteiger partial charge on any atom is -0.388 e. The molecule has 112 valence electrons. The van der Waals surface area contributed by atoms with Crippen molar-refractivity contribution in [3.63, 3.8) is 0 Å². The van der Waals surface area contributed by atoms with E-state index in [9.17, 15) is 23.5 Å². The third-order valence-corrected chi connectivity index (χ3v) is 3.71. The maximum Gasteiger partial charge on any atom is 0.267 e. The van der Waals surface area contributed by atoms with Crippen LogP contribution in [0.3, 0.4) is 0 Å². The highest BCUT2D eigenvalue weighted by molar-refractivity contribution is 14.1. The van der Waals surface area contributed by atoms with Crippen molar-refractivity contribution < 1.29 is 32.7 Å². The fourth-order valence-corrected chi connectivity index (χ4v) is 2.64. The van der Waals surface area contributed by atoms with Crippen LogP contribution in [0, 0.1) is 4.91 Å². The molecular weight excluding hydrogens is 397 g/mol. The van der Waals surface area contributed by atoms with E-state index in [1.54, 1.807) is 0 Å². The number of hydrogen-bond acceptors (Lipinski definition) is 8. The quantitative estimate of drug-likeness (QED) is 0.217. The van der Waals surface area contributed by atoms with Gasteiger partial charge in [0, 0.05) is 4.43 Å². The molecule has 0 bridgehead atoms. The van der Waals surface area contributed by atoms with Crippen LogP contribution in [0.25, 0.3) is 0 Å². The van der Waals surface area contributed by atoms with E-state index in [1.165, 1.54) is 0 Å². The lowest BCUT2D eigenvalue weighted by Crippen LogP contribution is -2.59. The van der Waals surface area contributed by atoms with Crippen LogP contribution in [0.15, 0.2) is 5.18 Å². The number of alkyl halides is 1. The van der Waals surface area contributed by atoms with Crippen molar-refractivity contribution in [3.8, 4) is 0 Å². The monoisotopic (exact) mass is 411 g/mol. The summed E-state index contributed by atoms with van der Waals surface area (Å²) in [4.78, 5) is 10.6. The molecule has 1 rings (SSSR count). The summed E-state index contributed by atoms with van der Waals surface area (Å²) in [7, 11) is -4.43. The molecule has 3 N–H and O–H groups in total. The van der Waals surface area contributed by atoms with E-state index >= 15 is 0 Å². The van der Waals surface area contributed by atoms with E-state index in [2.05, 4.69) is 5.18 Å². The number of nitroso groups, excluding NO2 is 1. The molecule has 1 saturated heterocycles. The highest BCUT2D eigenvalue weighted by Gasteiger charge is 2.47. The first-order valence-corrected chi connectivity index (χ1v) is 8.40. The fourth-order valence-electron chi connectivity index (χ4n) is 1.69. The average molecular weight is 411 g/mol. The molecule has 5 atom stereocenters. The van der Waals surface area contributed by atoms with Crippen molar-refractivity contribution in [1.29, 1.82) is 0 Å². The Bertz CT molecular complexity index is 404. The van der Waals surface area contributed by atoms with Gasteiger partial charge < -0.3 is 19.7 Å². The normalized spacial score (nSPS) is 36.1. The van der Waals surface area contributed by atoms with E-state index in [0.29, 0.717) is 4.43 Å². The van der Waals surface area contributed by atoms with Crippen LogP contribution in [-0.2, 0) is 19.6 Å². The topological polar surface area (TPSA) is 143 Å². The van der Waals surface area contributed by atoms with Gasteiger partial charge in [-0.2, -0.15) is 13.3 Å². The Morgan fingerprint density at radius 3 is 2.42 bits per heavy atom. The molecule has 0 radical (unpaired) electrons. The van der Waals surface area contributed by atoms with E-state index in [4.69, 9.17) is 14.0 Å². The molecule has 0 saturated carbocycles. The Kier molecular flexibility index (Phi) is 6.49. The van der Waals surface area contributed by atoms with Gasteiger partial charge >= 0.3 is 0 Å². The summed E-state index contributed by atoms with van der Waals surface area (Å²) in [5.74, 6) is -0.919. The second-order valence-electron chi connectivity index (χ2n) is 3.93. The summed E-state index contributed by atoms with van der Waals surface area (Å²) in [6.45, 7) is 0.201. The molecule has 1 aliphatic heterocycles. The maximum atomic E-state index is 10.8. The molecule has 19 heavy (non-hydrogen) atoms. The van der Waals surface area contributed by atoms with Gasteiger partial charge in [-0.1, -0.05) is 27.8 Å². The Morgan fingerprint density at radius 1 is 1.32 bits per heavy atom. The van der Waals surface area contributed by atoms with E-state index in [-0.39, 0.29) is 6.61 Å². The SMILES string of the molecule is O=N[C@@H]1C(CS(=O)(=O)O)O[C@@H](OCCI)C(O)C1O. The lowest BCUT2D eigenvalue weighted by molar-refractivity contribution is -0.266. The molecule has 0 aromatic heterocycles. The van der Waals surface area contributed by atoms with Gasteiger partial charge in [0.2, 0.25) is 0 Å². The standard InChI is InChI=1S/C8H14INO8S/c9-1-2-17-8-7(12)6(11)5(10-13)4(18-8)3-19(14,15)16/h4-8,11-12H,1-3H2,(H,14,15,16)/t4?,5-,6?,7?,8-/m1/s1. The predicted molar refractivity (Wildman–Crippen MR) is 71.5 cm³/mol. The molecule has 3 unspecified atom stereocenters. The molecule has 0 aromatic rings. The number of aliphatic hydroxyl groups excluding tert-OH is 2. The maximum absolute atomic E-state index is 10.8. The second kappa shape index (κ2) is 7.19. The Balaban J connectivity index is 2.84. The lowest BCUT2D eigenvalue weighted by atomic mass is 9.98. The van der Waals surface area contributed by atoms with Gasteiger partial charge in [-0.15, -0.1) is 0 Å². The molecule has 1 fully saturated rings. The predicted octanol–water partition coefficient (Wildman–Crippen LogP) is -1.09. The van der Waals surface area contributed by atoms with Gasteiger partial charge in [0.05, 0.1) is 6.61 Å². The molecular formula is C8H14INO8S. The first kappa shape index (κ1) is 17.1. The van der Waals surface area contributed by atoms with Crippen LogP contribution < -0.4 is 0 Å². The summed E-state index contributed by atoms with van der Waals surface area (Å²) in [6.07, 6.45) is -5.82. The zero-order valence-corrected chi connectivity index (χ0v) is 12.6. The average Bonchev–Trinajstić information content (AvgIpc) is 2.30. The molecule has 0 aliphatic carbocycles. The highest BCUT2D eigenvalue weighted by atomic mass is 127. The zero-order valence-electron chi connectivity index (χ0n) is 9.62. The van der Waals surface area contributed by atoms with Crippen LogP contribution in [0.2, 0.25) is 0 Å². The van der Waals surface area contributed by atoms with E-state index < -0.39 is 46.5 Å². The van der Waals surface area contributed by atoms with Crippen LogP contribution >= 0.6 is 22.6 Å². The van der Waals surface area contributed by atoms with Gasteiger partial charge in [0.15, 0.2) is 6.29 Å². The molecule has 1 heterocycles. The number of rotatable bonds is 6. The van der Waals surface area contributed by atoms with Gasteiger partial charge in [-0.25, -0.2) is 0 Å². The number of halogens is 1. The third kappa shape index (κ3) is 4.84. The van der Waals surface area contributed by atoms with Crippen molar-refractivity contribution >= 4 is 32.7 Å². The minimum absolute atomic E-state index is 0.201. The zero-order chi connectivity index (χ0) is 14.6. The third-order valence-electron chi connectivity index (χ3n) is 2.52. The summed E-state index contributed by atoms with van der Waals surface area (Å²) >= 11 is 2.01. The largest absolute Gasteiger partial charge is 0.388 e. The van der Waals surface area contributed by atoms with Crippen LogP contribution in [-0.4, -0.2) is 70.6 Å². The fraction of sp³-hybridized carbons (Fsp3) is 1.00. The summed E-state index contributed by atoms with van der Waals surface area (Å²) in [6, 6.07) is -1.50. The lowest BCUT2D eigenvalue weighted by Gasteiger charge is -2.39. The van der Waals surface area contributed by atoms with Crippen molar-refractivity contribution in [1.82, 2.24) is 0 Å². The molecule has 11 heteroatoms. The highest BCUT2D eigenvalue weighted by Crippen LogP contribution is 2.25. The molecule has 0 amide bonds. The van der Waals surface area contributed by atoms with Crippen molar-refractivity contribution in [2.45, 2.75) is 30.6 Å². The Hall–Kier alpha value is 0.0800. The minimum atomic E-state index is -4.43. The summed E-state index contributed by atoms with van der Waals surface area (Å²) < 4.78 is 41.1. The number of hydrogen-bond donors (Lipinski definition) is 3. The number of aliphatic hydroxyl groups is 2. The number of nitrogens with zero attached hydrogens (tertiary/aromatic N) is 1. The number of ether oxygens (including phenoxy) is 2. The first-order chi connectivity index (χ1) is 8.80. The molecule has 0 spiro atoms. The molecule has 9 nitrogen and oxygen atoms in total. The van der Waals surface area contributed by atoms with Crippen molar-refractivity contribution in [2.24, 2.45) is 5.18 Å². The summed E-state index contributed by atoms with van der Waals surface area (Å²) in [5, 5.41) is 21.9. The van der Waals surface area contributed by atoms with Gasteiger partial charge in [0.25, 0.3) is 10.1 Å². The van der Waals surface area contributed by atoms with Crippen LogP contribution in [0.1, 0.15) is 0 Å². The van der Waals surface area contributed by atoms with E-state index in [0.717, 1.165) is 0 Å². The first-order valence-electron chi connectivity index (χ1n) is 5.27. The van der Waals surface area contributed by atoms with Gasteiger partial charge in [0.1, 0.15) is 30.1 Å². The van der Waals surface area contributed by atoms with E-state index in [1.807, 2.05) is 22.6 Å². The Morgan fingerprint density at radius 2 is 1.95 bits per heavy atom. The Labute approximate surface area is 123 Å². The van der Waals surface area contributed by atoms with Crippen molar-refractivity contribution in [2.75, 3.05) is 16.8 Å². The second-order valence-corrected chi connectivity index (χ2v) is 6.50. The molecule has 0 aromatic carbocycles.